The molecule has 1 unspecified atom stereocenters. The van der Waals surface area contributed by atoms with E-state index in [1.165, 1.54) is 0 Å². The van der Waals surface area contributed by atoms with E-state index in [1.54, 1.807) is 0 Å². The summed E-state index contributed by atoms with van der Waals surface area (Å²) in [5.74, 6) is 0.0837. The summed E-state index contributed by atoms with van der Waals surface area (Å²) in [5.41, 5.74) is 0. The highest BCUT2D eigenvalue weighted by Crippen LogP contribution is 2.10. The molecule has 0 aromatic carbocycles. The predicted octanol–water partition coefficient (Wildman–Crippen LogP) is 2.01. The van der Waals surface area contributed by atoms with Crippen LogP contribution in [0.15, 0.2) is 0 Å². The summed E-state index contributed by atoms with van der Waals surface area (Å²) in [5, 5.41) is 2.81. The number of amides is 1. The van der Waals surface area contributed by atoms with E-state index in [-0.39, 0.29) is 35.5 Å². The topological polar surface area (TPSA) is 46.2 Å². The van der Waals surface area contributed by atoms with Crippen molar-refractivity contribution in [3.63, 3.8) is 0 Å². The molecule has 1 N–H and O–H groups in total. The van der Waals surface area contributed by atoms with Crippen molar-refractivity contribution < 1.29 is 9.59 Å². The molecule has 0 rings (SSSR count). The molecule has 3 heteroatoms. The van der Waals surface area contributed by atoms with Crippen LogP contribution in [-0.2, 0) is 9.59 Å². The van der Waals surface area contributed by atoms with Gasteiger partial charge < -0.3 is 5.32 Å². The van der Waals surface area contributed by atoms with Crippen LogP contribution < -0.4 is 5.32 Å². The van der Waals surface area contributed by atoms with E-state index in [0.717, 1.165) is 0 Å². The van der Waals surface area contributed by atoms with Crippen molar-refractivity contribution in [2.24, 2.45) is 17.8 Å². The summed E-state index contributed by atoms with van der Waals surface area (Å²) in [6.07, 6.45) is 0. The number of rotatable bonds is 5. The Morgan fingerprint density at radius 2 is 1.33 bits per heavy atom. The van der Waals surface area contributed by atoms with Gasteiger partial charge in [-0.05, 0) is 5.92 Å². The quantitative estimate of drug-likeness (QED) is 0.712. The number of carbonyl (C=O) groups is 2. The van der Waals surface area contributed by atoms with E-state index in [4.69, 9.17) is 0 Å². The first-order valence-corrected chi connectivity index (χ1v) is 5.61. The van der Waals surface area contributed by atoms with Crippen LogP contribution >= 0.6 is 0 Å². The molecule has 0 saturated heterocycles. The first-order chi connectivity index (χ1) is 6.77. The predicted molar refractivity (Wildman–Crippen MR) is 61.5 cm³/mol. The Labute approximate surface area is 92.6 Å². The Balaban J connectivity index is 4.56. The lowest BCUT2D eigenvalue weighted by atomic mass is 9.93. The molecule has 0 radical (unpaired) electrons. The van der Waals surface area contributed by atoms with Gasteiger partial charge in [-0.3, -0.25) is 9.59 Å². The van der Waals surface area contributed by atoms with Crippen molar-refractivity contribution in [2.45, 2.75) is 47.6 Å². The van der Waals surface area contributed by atoms with E-state index in [9.17, 15) is 9.59 Å². The number of ketones is 1. The van der Waals surface area contributed by atoms with E-state index < -0.39 is 0 Å². The SMILES string of the molecule is CC(C)C(=O)C(N[13C](=O)C(C)C)C(C)C. The zero-order chi connectivity index (χ0) is 12.2. The molecule has 0 aliphatic carbocycles. The highest BCUT2D eigenvalue weighted by molar-refractivity contribution is 5.90. The second kappa shape index (κ2) is 5.89. The second-order valence-corrected chi connectivity index (χ2v) is 4.94. The standard InChI is InChI=1S/C12H23NO2/c1-7(2)10(11(14)8(3)4)13-12(15)9(5)6/h7-10H,1-6H3,(H,13,15)/i12+1. The maximum Gasteiger partial charge on any atom is 0.223 e. The number of Topliss-reactive ketones (excluding diaryl/α,β-unsaturated/α-hetero) is 1. The molecule has 0 bridgehead atoms. The molecule has 0 aromatic heterocycles. The third kappa shape index (κ3) is 4.45. The summed E-state index contributed by atoms with van der Waals surface area (Å²) in [7, 11) is 0. The Morgan fingerprint density at radius 3 is 1.60 bits per heavy atom. The first-order valence-electron chi connectivity index (χ1n) is 5.61. The van der Waals surface area contributed by atoms with Crippen LogP contribution in [0.3, 0.4) is 0 Å². The smallest absolute Gasteiger partial charge is 0.223 e. The zero-order valence-corrected chi connectivity index (χ0v) is 10.6. The molecule has 1 amide bonds. The molecule has 0 aliphatic rings. The van der Waals surface area contributed by atoms with Gasteiger partial charge in [-0.2, -0.15) is 0 Å². The Kier molecular flexibility index (Phi) is 5.55. The summed E-state index contributed by atoms with van der Waals surface area (Å²) in [6, 6.07) is -0.347. The van der Waals surface area contributed by atoms with Crippen molar-refractivity contribution in [3.05, 3.63) is 0 Å². The van der Waals surface area contributed by atoms with Crippen LogP contribution in [0.25, 0.3) is 0 Å². The van der Waals surface area contributed by atoms with Gasteiger partial charge in [-0.15, -0.1) is 0 Å². The average Bonchev–Trinajstić information content (AvgIpc) is 2.11. The number of hydrogen-bond donors (Lipinski definition) is 1. The van der Waals surface area contributed by atoms with Gasteiger partial charge in [0, 0.05) is 11.8 Å². The molecule has 88 valence electrons. The Morgan fingerprint density at radius 1 is 0.867 bits per heavy atom. The van der Waals surface area contributed by atoms with Crippen LogP contribution in [0.4, 0.5) is 0 Å². The normalized spacial score (nSPS) is 13.4. The lowest BCUT2D eigenvalue weighted by Gasteiger charge is -2.23. The van der Waals surface area contributed by atoms with Crippen LogP contribution in [0, 0.1) is 17.8 Å². The maximum absolute atomic E-state index is 11.8. The number of carbonyl (C=O) groups excluding carboxylic acids is 2. The summed E-state index contributed by atoms with van der Waals surface area (Å²) < 4.78 is 0. The van der Waals surface area contributed by atoms with Gasteiger partial charge in [0.05, 0.1) is 6.04 Å². The minimum atomic E-state index is -0.347. The molecule has 3 nitrogen and oxygen atoms in total. The average molecular weight is 214 g/mol. The molecule has 15 heavy (non-hydrogen) atoms. The van der Waals surface area contributed by atoms with E-state index >= 15 is 0 Å². The van der Waals surface area contributed by atoms with Crippen molar-refractivity contribution in [1.29, 1.82) is 0 Å². The molecular weight excluding hydrogens is 191 g/mol. The van der Waals surface area contributed by atoms with Gasteiger partial charge in [0.15, 0.2) is 5.78 Å². The van der Waals surface area contributed by atoms with Crippen molar-refractivity contribution in [3.8, 4) is 0 Å². The lowest BCUT2D eigenvalue weighted by Crippen LogP contribution is -2.47. The fourth-order valence-corrected chi connectivity index (χ4v) is 1.25. The second-order valence-electron chi connectivity index (χ2n) is 4.94. The highest BCUT2D eigenvalue weighted by atomic mass is 16.2. The largest absolute Gasteiger partial charge is 0.346 e. The molecule has 0 spiro atoms. The van der Waals surface area contributed by atoms with E-state index in [2.05, 4.69) is 5.32 Å². The third-order valence-electron chi connectivity index (χ3n) is 2.36. The molecule has 1 atom stereocenters. The van der Waals surface area contributed by atoms with Gasteiger partial charge in [0.25, 0.3) is 0 Å². The van der Waals surface area contributed by atoms with Crippen LogP contribution in [0.2, 0.25) is 0 Å². The van der Waals surface area contributed by atoms with Gasteiger partial charge in [-0.25, -0.2) is 0 Å². The van der Waals surface area contributed by atoms with E-state index in [0.29, 0.717) is 0 Å². The van der Waals surface area contributed by atoms with Gasteiger partial charge >= 0.3 is 0 Å². The summed E-state index contributed by atoms with van der Waals surface area (Å²) in [4.78, 5) is 23.3. The van der Waals surface area contributed by atoms with Crippen LogP contribution in [0.1, 0.15) is 41.5 Å². The number of nitrogens with one attached hydrogen (secondary N) is 1. The van der Waals surface area contributed by atoms with Gasteiger partial charge in [0.2, 0.25) is 5.91 Å². The fraction of sp³-hybridized carbons (Fsp3) is 0.833. The highest BCUT2D eigenvalue weighted by Gasteiger charge is 2.26. The van der Waals surface area contributed by atoms with Crippen LogP contribution in [-0.4, -0.2) is 17.7 Å². The van der Waals surface area contributed by atoms with Crippen molar-refractivity contribution in [1.82, 2.24) is 5.32 Å². The summed E-state index contributed by atoms with van der Waals surface area (Å²) in [6.45, 7) is 11.3. The molecule has 0 saturated carbocycles. The van der Waals surface area contributed by atoms with E-state index in [1.807, 2.05) is 41.5 Å². The van der Waals surface area contributed by atoms with Crippen molar-refractivity contribution in [2.75, 3.05) is 0 Å². The monoisotopic (exact) mass is 214 g/mol. The van der Waals surface area contributed by atoms with Gasteiger partial charge in [-0.1, -0.05) is 41.5 Å². The van der Waals surface area contributed by atoms with Crippen LogP contribution in [0.5, 0.6) is 0 Å². The Hall–Kier alpha value is -0.860. The molecule has 0 heterocycles. The first kappa shape index (κ1) is 14.1. The molecule has 0 fully saturated rings. The minimum Gasteiger partial charge on any atom is -0.346 e. The fourth-order valence-electron chi connectivity index (χ4n) is 1.25. The van der Waals surface area contributed by atoms with Crippen molar-refractivity contribution >= 4 is 11.7 Å². The summed E-state index contributed by atoms with van der Waals surface area (Å²) >= 11 is 0. The van der Waals surface area contributed by atoms with Gasteiger partial charge in [0.1, 0.15) is 0 Å². The molecule has 0 aliphatic heterocycles. The number of hydrogen-bond acceptors (Lipinski definition) is 2. The molecule has 0 aromatic rings. The third-order valence-corrected chi connectivity index (χ3v) is 2.36. The maximum atomic E-state index is 11.8. The minimum absolute atomic E-state index is 0.0372. The zero-order valence-electron chi connectivity index (χ0n) is 10.6. The Bertz CT molecular complexity index is 232. The molecular formula is C12H23NO2. The lowest BCUT2D eigenvalue weighted by molar-refractivity contribution is -0.131.